The molecule has 0 aliphatic heterocycles. The van der Waals surface area contributed by atoms with Crippen LogP contribution in [0.3, 0.4) is 0 Å². The Morgan fingerprint density at radius 2 is 1.61 bits per heavy atom. The van der Waals surface area contributed by atoms with Crippen molar-refractivity contribution in [3.63, 3.8) is 0 Å². The molecule has 0 saturated carbocycles. The number of rotatable bonds is 5. The number of fused-ring (bicyclic) bond motifs is 1. The molecule has 0 aromatic heterocycles. The summed E-state index contributed by atoms with van der Waals surface area (Å²) >= 11 is 0. The van der Waals surface area contributed by atoms with E-state index >= 15 is 0 Å². The van der Waals surface area contributed by atoms with Gasteiger partial charge in [0.1, 0.15) is 0 Å². The second-order valence-electron chi connectivity index (χ2n) is 6.52. The van der Waals surface area contributed by atoms with Crippen molar-refractivity contribution >= 4 is 32.5 Å². The average Bonchev–Trinajstić information content (AvgIpc) is 2.66. The molecule has 7 heteroatoms. The molecule has 3 rings (SSSR count). The number of aryl methyl sites for hydroxylation is 1. The number of hydrogen-bond donors (Lipinski definition) is 1. The predicted octanol–water partition coefficient (Wildman–Crippen LogP) is 3.14. The molecule has 0 unspecified atom stereocenters. The zero-order chi connectivity index (χ0) is 20.5. The highest BCUT2D eigenvalue weighted by molar-refractivity contribution is 7.89. The van der Waals surface area contributed by atoms with Crippen molar-refractivity contribution in [2.45, 2.75) is 18.7 Å². The van der Waals surface area contributed by atoms with Crippen LogP contribution in [0.25, 0.3) is 10.8 Å². The first kappa shape index (κ1) is 19.7. The van der Waals surface area contributed by atoms with Crippen molar-refractivity contribution in [2.75, 3.05) is 6.61 Å². The molecule has 0 saturated heterocycles. The Bertz CT molecular complexity index is 1200. The number of ketones is 1. The number of primary sulfonamides is 1. The van der Waals surface area contributed by atoms with Crippen LogP contribution >= 0.6 is 0 Å². The van der Waals surface area contributed by atoms with E-state index in [2.05, 4.69) is 0 Å². The van der Waals surface area contributed by atoms with E-state index in [1.54, 1.807) is 26.0 Å². The second-order valence-corrected chi connectivity index (χ2v) is 8.05. The van der Waals surface area contributed by atoms with Gasteiger partial charge in [-0.15, -0.1) is 0 Å². The molecular weight excluding hydrogens is 378 g/mol. The quantitative estimate of drug-likeness (QED) is 0.526. The molecule has 0 fully saturated rings. The van der Waals surface area contributed by atoms with Crippen molar-refractivity contribution in [1.29, 1.82) is 0 Å². The van der Waals surface area contributed by atoms with Crippen LogP contribution in [-0.4, -0.2) is 26.8 Å². The summed E-state index contributed by atoms with van der Waals surface area (Å²) in [6.07, 6.45) is 0. The molecular formula is C21H19NO5S. The van der Waals surface area contributed by atoms with Crippen molar-refractivity contribution < 1.29 is 22.7 Å². The van der Waals surface area contributed by atoms with Gasteiger partial charge < -0.3 is 4.74 Å². The topological polar surface area (TPSA) is 104 Å². The molecule has 0 radical (unpaired) electrons. The third-order valence-electron chi connectivity index (χ3n) is 4.57. The van der Waals surface area contributed by atoms with Crippen molar-refractivity contribution in [2.24, 2.45) is 5.14 Å². The van der Waals surface area contributed by atoms with Crippen LogP contribution in [0.4, 0.5) is 0 Å². The molecule has 28 heavy (non-hydrogen) atoms. The first-order valence-electron chi connectivity index (χ1n) is 8.50. The van der Waals surface area contributed by atoms with E-state index in [-0.39, 0.29) is 16.2 Å². The molecule has 0 atom stereocenters. The predicted molar refractivity (Wildman–Crippen MR) is 106 cm³/mol. The Morgan fingerprint density at radius 1 is 0.929 bits per heavy atom. The van der Waals surface area contributed by atoms with Gasteiger partial charge in [-0.3, -0.25) is 4.79 Å². The maximum atomic E-state index is 12.4. The Balaban J connectivity index is 1.78. The monoisotopic (exact) mass is 397 g/mol. The number of esters is 1. The summed E-state index contributed by atoms with van der Waals surface area (Å²) < 4.78 is 28.5. The fourth-order valence-electron chi connectivity index (χ4n) is 2.90. The summed E-state index contributed by atoms with van der Waals surface area (Å²) in [5.74, 6) is -1.14. The smallest absolute Gasteiger partial charge is 0.338 e. The molecule has 0 heterocycles. The third-order valence-corrected chi connectivity index (χ3v) is 5.60. The maximum absolute atomic E-state index is 12.4. The molecule has 0 aliphatic rings. The van der Waals surface area contributed by atoms with Crippen molar-refractivity contribution in [3.8, 4) is 0 Å². The Morgan fingerprint density at radius 3 is 2.29 bits per heavy atom. The number of sulfonamides is 1. The SMILES string of the molecule is Cc1cc(C(=O)OCC(=O)c2ccc3ccccc3c2)cc(S(N)(=O)=O)c1C. The van der Waals surface area contributed by atoms with Crippen LogP contribution in [0.2, 0.25) is 0 Å². The highest BCUT2D eigenvalue weighted by Crippen LogP contribution is 2.21. The van der Waals surface area contributed by atoms with Gasteiger partial charge in [-0.25, -0.2) is 18.4 Å². The largest absolute Gasteiger partial charge is 0.454 e. The molecule has 3 aromatic carbocycles. The van der Waals surface area contributed by atoms with E-state index in [0.29, 0.717) is 16.7 Å². The van der Waals surface area contributed by atoms with Gasteiger partial charge in [-0.05, 0) is 53.9 Å². The first-order chi connectivity index (χ1) is 13.2. The number of Topliss-reactive ketones (excluding diaryl/α,β-unsaturated/α-hetero) is 1. The average molecular weight is 397 g/mol. The van der Waals surface area contributed by atoms with Gasteiger partial charge in [0, 0.05) is 5.56 Å². The van der Waals surface area contributed by atoms with Gasteiger partial charge >= 0.3 is 5.97 Å². The molecule has 2 N–H and O–H groups in total. The van der Waals surface area contributed by atoms with E-state index in [9.17, 15) is 18.0 Å². The standard InChI is InChI=1S/C21H19NO5S/c1-13-9-18(11-20(14(13)2)28(22,25)26)21(24)27-12-19(23)17-8-7-15-5-3-4-6-16(15)10-17/h3-11H,12H2,1-2H3,(H2,22,25,26). The molecule has 0 spiro atoms. The van der Waals surface area contributed by atoms with Gasteiger partial charge in [0.05, 0.1) is 10.5 Å². The summed E-state index contributed by atoms with van der Waals surface area (Å²) in [7, 11) is -3.98. The summed E-state index contributed by atoms with van der Waals surface area (Å²) in [6, 6.07) is 15.5. The number of hydrogen-bond acceptors (Lipinski definition) is 5. The van der Waals surface area contributed by atoms with Gasteiger partial charge in [0.15, 0.2) is 12.4 Å². The lowest BCUT2D eigenvalue weighted by Crippen LogP contribution is -2.18. The van der Waals surface area contributed by atoms with E-state index < -0.39 is 22.6 Å². The fraction of sp³-hybridized carbons (Fsp3) is 0.143. The zero-order valence-corrected chi connectivity index (χ0v) is 16.2. The van der Waals surface area contributed by atoms with Crippen molar-refractivity contribution in [1.82, 2.24) is 0 Å². The highest BCUT2D eigenvalue weighted by Gasteiger charge is 2.19. The van der Waals surface area contributed by atoms with Gasteiger partial charge in [0.25, 0.3) is 0 Å². The summed E-state index contributed by atoms with van der Waals surface area (Å²) in [5, 5.41) is 7.12. The van der Waals surface area contributed by atoms with Crippen LogP contribution < -0.4 is 5.14 Å². The molecule has 0 aliphatic carbocycles. The minimum Gasteiger partial charge on any atom is -0.454 e. The third kappa shape index (κ3) is 4.11. The van der Waals surface area contributed by atoms with E-state index in [4.69, 9.17) is 9.88 Å². The molecule has 0 amide bonds. The van der Waals surface area contributed by atoms with Crippen molar-refractivity contribution in [3.05, 3.63) is 76.9 Å². The second kappa shape index (κ2) is 7.53. The summed E-state index contributed by atoms with van der Waals surface area (Å²) in [4.78, 5) is 24.6. The Kier molecular flexibility index (Phi) is 5.31. The minimum atomic E-state index is -3.98. The lowest BCUT2D eigenvalue weighted by atomic mass is 10.0. The zero-order valence-electron chi connectivity index (χ0n) is 15.4. The van der Waals surface area contributed by atoms with E-state index in [0.717, 1.165) is 10.8 Å². The number of benzene rings is 3. The van der Waals surface area contributed by atoms with Crippen LogP contribution in [0.15, 0.2) is 59.5 Å². The number of carbonyl (C=O) groups excluding carboxylic acids is 2. The van der Waals surface area contributed by atoms with Gasteiger partial charge in [-0.2, -0.15) is 0 Å². The minimum absolute atomic E-state index is 0.0263. The normalized spacial score (nSPS) is 11.4. The van der Waals surface area contributed by atoms with Crippen LogP contribution in [-0.2, 0) is 14.8 Å². The Labute approximate surface area is 163 Å². The highest BCUT2D eigenvalue weighted by atomic mass is 32.2. The first-order valence-corrected chi connectivity index (χ1v) is 10.0. The summed E-state index contributed by atoms with van der Waals surface area (Å²) in [5.41, 5.74) is 1.50. The lowest BCUT2D eigenvalue weighted by molar-refractivity contribution is 0.0474. The fourth-order valence-corrected chi connectivity index (χ4v) is 3.78. The number of carbonyl (C=O) groups is 2. The van der Waals surface area contributed by atoms with Crippen LogP contribution in [0.5, 0.6) is 0 Å². The molecule has 3 aromatic rings. The van der Waals surface area contributed by atoms with E-state index in [1.807, 2.05) is 30.3 Å². The maximum Gasteiger partial charge on any atom is 0.338 e. The Hall–Kier alpha value is -3.03. The van der Waals surface area contributed by atoms with Crippen LogP contribution in [0.1, 0.15) is 31.8 Å². The van der Waals surface area contributed by atoms with Gasteiger partial charge in [0.2, 0.25) is 10.0 Å². The van der Waals surface area contributed by atoms with Crippen LogP contribution in [0, 0.1) is 13.8 Å². The molecule has 144 valence electrons. The van der Waals surface area contributed by atoms with E-state index in [1.165, 1.54) is 12.1 Å². The number of nitrogens with two attached hydrogens (primary N) is 1. The molecule has 0 bridgehead atoms. The summed E-state index contributed by atoms with van der Waals surface area (Å²) in [6.45, 7) is 2.82. The lowest BCUT2D eigenvalue weighted by Gasteiger charge is -2.10. The molecule has 6 nitrogen and oxygen atoms in total. The number of ether oxygens (including phenoxy) is 1. The van der Waals surface area contributed by atoms with Gasteiger partial charge in [-0.1, -0.05) is 36.4 Å².